The Morgan fingerprint density at radius 1 is 0.942 bits per heavy atom. The van der Waals surface area contributed by atoms with Crippen LogP contribution < -0.4 is 25.1 Å². The van der Waals surface area contributed by atoms with Crippen molar-refractivity contribution in [1.82, 2.24) is 14.1 Å². The van der Waals surface area contributed by atoms with Crippen molar-refractivity contribution in [2.24, 2.45) is 34.5 Å². The second kappa shape index (κ2) is 15.0. The van der Waals surface area contributed by atoms with Crippen LogP contribution in [0.1, 0.15) is 61.3 Å². The van der Waals surface area contributed by atoms with Gasteiger partial charge >= 0.3 is 22.2 Å². The first-order valence-electron chi connectivity index (χ1n) is 16.9. The number of nitrogens with zero attached hydrogens (tertiary/aromatic N) is 1. The third-order valence-electron chi connectivity index (χ3n) is 9.65. The smallest absolute Gasteiger partial charge is 0.334 e. The van der Waals surface area contributed by atoms with Gasteiger partial charge in [0.05, 0.1) is 17.2 Å². The number of esters is 1. The number of fused-ring (bicyclic) bond motifs is 1. The van der Waals surface area contributed by atoms with Crippen LogP contribution in [0.3, 0.4) is 0 Å². The van der Waals surface area contributed by atoms with Crippen molar-refractivity contribution in [3.8, 4) is 16.9 Å². The van der Waals surface area contributed by atoms with Gasteiger partial charge in [0.2, 0.25) is 0 Å². The zero-order valence-corrected chi connectivity index (χ0v) is 33.5. The quantitative estimate of drug-likeness (QED) is 0.0790. The maximum Gasteiger partial charge on any atom is 0.334 e. The summed E-state index contributed by atoms with van der Waals surface area (Å²) in [7, 11) is -4.37. The van der Waals surface area contributed by atoms with E-state index in [1.807, 2.05) is 4.72 Å². The van der Waals surface area contributed by atoms with Crippen LogP contribution in [0, 0.1) is 34.5 Å². The lowest BCUT2D eigenvalue weighted by Crippen LogP contribution is -2.48. The molecule has 1 aliphatic carbocycles. The number of carbonyl (C=O) groups excluding carboxylic acids is 2. The van der Waals surface area contributed by atoms with E-state index in [1.165, 1.54) is 12.1 Å². The highest BCUT2D eigenvalue weighted by Gasteiger charge is 2.50. The summed E-state index contributed by atoms with van der Waals surface area (Å²) in [5.74, 6) is -0.381. The van der Waals surface area contributed by atoms with E-state index in [2.05, 4.69) is 63.5 Å². The zero-order valence-electron chi connectivity index (χ0n) is 30.4. The van der Waals surface area contributed by atoms with E-state index in [1.54, 1.807) is 48.7 Å². The van der Waals surface area contributed by atoms with Crippen LogP contribution in [0.15, 0.2) is 64.4 Å². The average Bonchev–Trinajstić information content (AvgIpc) is 3.31. The van der Waals surface area contributed by atoms with Crippen LogP contribution in [0.5, 0.6) is 5.75 Å². The number of thioether (sulfide) groups is 1. The van der Waals surface area contributed by atoms with E-state index in [9.17, 15) is 22.8 Å². The average molecular weight is 791 g/mol. The molecule has 280 valence electrons. The van der Waals surface area contributed by atoms with Crippen LogP contribution in [0.4, 0.5) is 16.2 Å². The van der Waals surface area contributed by atoms with Gasteiger partial charge in [-0.1, -0.05) is 102 Å². The van der Waals surface area contributed by atoms with E-state index in [0.29, 0.717) is 16.5 Å². The second-order valence-electron chi connectivity index (χ2n) is 15.5. The Balaban J connectivity index is 1.62. The number of H-pyrrole nitrogens is 1. The van der Waals surface area contributed by atoms with Gasteiger partial charge in [-0.05, 0) is 77.5 Å². The molecule has 4 N–H and O–H groups in total. The van der Waals surface area contributed by atoms with Gasteiger partial charge in [-0.15, -0.1) is 11.8 Å². The Hall–Kier alpha value is -3.65. The molecule has 1 aliphatic rings. The van der Waals surface area contributed by atoms with Crippen molar-refractivity contribution in [2.45, 2.75) is 66.3 Å². The molecule has 2 amide bonds. The number of anilines is 2. The molecule has 4 aromatic rings. The summed E-state index contributed by atoms with van der Waals surface area (Å²) in [5, 5.41) is 2.92. The minimum atomic E-state index is -4.37. The predicted octanol–water partition coefficient (Wildman–Crippen LogP) is 9.08. The minimum absolute atomic E-state index is 0.0130. The van der Waals surface area contributed by atoms with Crippen molar-refractivity contribution in [3.63, 3.8) is 0 Å². The van der Waals surface area contributed by atoms with E-state index in [0.717, 1.165) is 29.0 Å². The molecule has 2 unspecified atom stereocenters. The molecule has 0 radical (unpaired) electrons. The number of aromatic nitrogens is 2. The summed E-state index contributed by atoms with van der Waals surface area (Å²) in [6.07, 6.45) is 3.39. The Morgan fingerprint density at radius 2 is 1.52 bits per heavy atom. The van der Waals surface area contributed by atoms with Gasteiger partial charge in [-0.3, -0.25) is 14.3 Å². The molecule has 2 atom stereocenters. The number of para-hydroxylation sites is 1. The number of ether oxygens (including phenoxy) is 1. The molecule has 15 heteroatoms. The molecule has 1 saturated carbocycles. The lowest BCUT2D eigenvalue weighted by molar-refractivity contribution is -0.152. The maximum absolute atomic E-state index is 14.7. The van der Waals surface area contributed by atoms with Crippen LogP contribution in [0.25, 0.3) is 16.8 Å². The normalized spacial score (nSPS) is 19.7. The number of hydrogen-bond acceptors (Lipinski definition) is 7. The molecule has 5 rings (SSSR count). The second-order valence-corrected chi connectivity index (χ2v) is 18.5. The fourth-order valence-electron chi connectivity index (χ4n) is 7.20. The molecule has 1 fully saturated rings. The molecule has 0 aliphatic heterocycles. The van der Waals surface area contributed by atoms with E-state index >= 15 is 0 Å². The Morgan fingerprint density at radius 3 is 2.06 bits per heavy atom. The fourth-order valence-corrected chi connectivity index (χ4v) is 9.02. The molecule has 0 saturated heterocycles. The largest absolute Gasteiger partial charge is 0.422 e. The zero-order chi connectivity index (χ0) is 38.3. The summed E-state index contributed by atoms with van der Waals surface area (Å²) >= 11 is 14.3. The third kappa shape index (κ3) is 8.43. The third-order valence-corrected chi connectivity index (χ3v) is 11.9. The number of aromatic amines is 1. The topological polar surface area (TPSA) is 151 Å². The standard InChI is InChI=1S/C37H45Cl2N5O6S2/c1-20-18-24(36(2,3)4)27(25(19-20)37(5,6)7)34(46)50-29-26(21-14-16-22(38)17-15-21)30(39)44-31(29)41-32(51-8)28(33(44)45)40-35(47)43-52(48,49)42-23-12-10-9-11-13-23/h9-17,20,24-25,27,41-42H,18-19H2,1-8H3,(H2,40,43,47). The van der Waals surface area contributed by atoms with Crippen molar-refractivity contribution >= 4 is 74.2 Å². The van der Waals surface area contributed by atoms with Crippen LogP contribution in [0.2, 0.25) is 10.2 Å². The number of nitrogens with one attached hydrogen (secondary N) is 4. The first-order chi connectivity index (χ1) is 24.2. The number of rotatable bonds is 8. The van der Waals surface area contributed by atoms with Crippen LogP contribution in [-0.4, -0.2) is 36.1 Å². The molecular weight excluding hydrogens is 745 g/mol. The van der Waals surface area contributed by atoms with Gasteiger partial charge in [0.15, 0.2) is 11.4 Å². The molecule has 2 aromatic heterocycles. The molecule has 11 nitrogen and oxygen atoms in total. The molecule has 2 aromatic carbocycles. The highest BCUT2D eigenvalue weighted by molar-refractivity contribution is 7.98. The summed E-state index contributed by atoms with van der Waals surface area (Å²) in [6.45, 7) is 15.1. The summed E-state index contributed by atoms with van der Waals surface area (Å²) in [5.41, 5.74) is -0.338. The lowest BCUT2D eigenvalue weighted by atomic mass is 9.55. The van der Waals surface area contributed by atoms with Gasteiger partial charge in [0.25, 0.3) is 5.56 Å². The van der Waals surface area contributed by atoms with Crippen molar-refractivity contribution in [3.05, 3.63) is 75.1 Å². The van der Waals surface area contributed by atoms with Gasteiger partial charge < -0.3 is 15.0 Å². The highest BCUT2D eigenvalue weighted by atomic mass is 35.5. The molecular formula is C37H45Cl2N5O6S2. The number of amides is 2. The number of benzene rings is 2. The number of urea groups is 1. The van der Waals surface area contributed by atoms with Gasteiger partial charge in [-0.25, -0.2) is 13.9 Å². The Kier molecular flexibility index (Phi) is 11.4. The summed E-state index contributed by atoms with van der Waals surface area (Å²) < 4.78 is 37.1. The van der Waals surface area contributed by atoms with E-state index in [4.69, 9.17) is 27.9 Å². The van der Waals surface area contributed by atoms with E-state index < -0.39 is 33.7 Å². The van der Waals surface area contributed by atoms with Gasteiger partial charge in [0.1, 0.15) is 15.9 Å². The lowest BCUT2D eigenvalue weighted by Gasteiger charge is -2.49. The first kappa shape index (κ1) is 39.6. The van der Waals surface area contributed by atoms with Gasteiger partial charge in [-0.2, -0.15) is 8.42 Å². The van der Waals surface area contributed by atoms with E-state index in [-0.39, 0.29) is 61.2 Å². The molecule has 52 heavy (non-hydrogen) atoms. The first-order valence-corrected chi connectivity index (χ1v) is 20.4. The number of carbonyl (C=O) groups is 2. The number of hydrogen-bond donors (Lipinski definition) is 4. The molecule has 2 heterocycles. The van der Waals surface area contributed by atoms with Crippen molar-refractivity contribution in [2.75, 3.05) is 16.3 Å². The molecule has 0 bridgehead atoms. The van der Waals surface area contributed by atoms with Crippen molar-refractivity contribution in [1.29, 1.82) is 0 Å². The minimum Gasteiger partial charge on any atom is -0.422 e. The maximum atomic E-state index is 14.7. The van der Waals surface area contributed by atoms with Crippen LogP contribution in [-0.2, 0) is 15.0 Å². The highest BCUT2D eigenvalue weighted by Crippen LogP contribution is 2.53. The number of halogens is 2. The monoisotopic (exact) mass is 789 g/mol. The SMILES string of the molecule is CSc1[nH]c2c(OC(=O)C3C(C(C)(C)C)CC(C)CC3C(C)(C)C)c(-c3ccc(Cl)cc3)c(Cl)n2c(=O)c1NC(=O)NS(=O)(=O)Nc1ccccc1. The molecule has 0 spiro atoms. The Labute approximate surface area is 318 Å². The Bertz CT molecular complexity index is 2120. The van der Waals surface area contributed by atoms with Crippen LogP contribution >= 0.6 is 35.0 Å². The predicted molar refractivity (Wildman–Crippen MR) is 210 cm³/mol. The van der Waals surface area contributed by atoms with Crippen molar-refractivity contribution < 1.29 is 22.7 Å². The summed E-state index contributed by atoms with van der Waals surface area (Å²) in [6, 6.07) is 13.5. The fraction of sp³-hybridized carbons (Fsp3) is 0.432. The summed E-state index contributed by atoms with van der Waals surface area (Å²) in [4.78, 5) is 45.1. The van der Waals surface area contributed by atoms with Gasteiger partial charge in [0, 0.05) is 5.02 Å².